The lowest BCUT2D eigenvalue weighted by molar-refractivity contribution is -0.0591. The minimum absolute atomic E-state index is 0.404. The fourth-order valence-corrected chi connectivity index (χ4v) is 0.809. The number of hydrogen-bond donors (Lipinski definition) is 1. The summed E-state index contributed by atoms with van der Waals surface area (Å²) in [5, 5.41) is 3.92. The van der Waals surface area contributed by atoms with Crippen LogP contribution in [0.4, 0.5) is 4.79 Å². The van der Waals surface area contributed by atoms with Gasteiger partial charge in [-0.05, 0) is 12.8 Å². The predicted molar refractivity (Wildman–Crippen MR) is 35.8 cm³/mol. The van der Waals surface area contributed by atoms with Crippen LogP contribution in [0.5, 0.6) is 0 Å². The smallest absolute Gasteiger partial charge is 0.351 e. The number of hydroxylamine groups is 2. The van der Waals surface area contributed by atoms with Crippen LogP contribution in [0, 0.1) is 6.54 Å². The Morgan fingerprint density at radius 1 is 1.80 bits per heavy atom. The maximum Gasteiger partial charge on any atom is 0.426 e. The molecule has 4 nitrogen and oxygen atoms in total. The van der Waals surface area contributed by atoms with Crippen molar-refractivity contribution in [2.24, 2.45) is 0 Å². The molecule has 0 aliphatic carbocycles. The van der Waals surface area contributed by atoms with E-state index in [2.05, 4.69) is 5.32 Å². The summed E-state index contributed by atoms with van der Waals surface area (Å²) < 4.78 is 0. The highest BCUT2D eigenvalue weighted by atomic mass is 16.7. The number of nitrogens with one attached hydrogen (secondary N) is 1. The van der Waals surface area contributed by atoms with Gasteiger partial charge in [0.15, 0.2) is 0 Å². The first-order chi connectivity index (χ1) is 4.83. The Morgan fingerprint density at radius 3 is 3.10 bits per heavy atom. The van der Waals surface area contributed by atoms with Gasteiger partial charge in [-0.25, -0.2) is 4.79 Å². The number of nitrogens with zero attached hydrogens (tertiary/aromatic N) is 1. The normalized spacial score (nSPS) is 18.9. The van der Waals surface area contributed by atoms with Crippen molar-refractivity contribution in [2.45, 2.75) is 12.8 Å². The van der Waals surface area contributed by atoms with E-state index in [-0.39, 0.29) is 0 Å². The quantitative estimate of drug-likeness (QED) is 0.581. The summed E-state index contributed by atoms with van der Waals surface area (Å²) in [6.07, 6.45) is 1.66. The molecule has 1 heterocycles. The van der Waals surface area contributed by atoms with E-state index in [1.807, 2.05) is 6.54 Å². The van der Waals surface area contributed by atoms with Gasteiger partial charge in [-0.15, -0.1) is 5.06 Å². The largest absolute Gasteiger partial charge is 0.426 e. The summed E-state index contributed by atoms with van der Waals surface area (Å²) in [6, 6.07) is 0. The number of carbonyl (C=O) groups is 1. The standard InChI is InChI=1S/C6H11N2O2/c1-7-6(9)10-8-4-2-3-5-8/h4H,2-3,5H2,1H3,(H,7,9). The number of amides is 1. The average Bonchev–Trinajstić information content (AvgIpc) is 2.40. The average molecular weight is 143 g/mol. The van der Waals surface area contributed by atoms with Crippen molar-refractivity contribution in [1.29, 1.82) is 0 Å². The van der Waals surface area contributed by atoms with Crippen LogP contribution in [0.1, 0.15) is 12.8 Å². The van der Waals surface area contributed by atoms with Gasteiger partial charge >= 0.3 is 6.09 Å². The first-order valence-electron chi connectivity index (χ1n) is 3.32. The molecule has 0 atom stereocenters. The van der Waals surface area contributed by atoms with Crippen LogP contribution in [0.3, 0.4) is 0 Å². The first-order valence-corrected chi connectivity index (χ1v) is 3.32. The minimum atomic E-state index is -0.404. The molecule has 1 radical (unpaired) electrons. The van der Waals surface area contributed by atoms with Gasteiger partial charge in [-0.3, -0.25) is 0 Å². The molecule has 10 heavy (non-hydrogen) atoms. The topological polar surface area (TPSA) is 41.6 Å². The van der Waals surface area contributed by atoms with Gasteiger partial charge in [0.1, 0.15) is 0 Å². The predicted octanol–water partition coefficient (Wildman–Crippen LogP) is 0.515. The molecule has 0 aromatic heterocycles. The molecule has 1 aliphatic rings. The highest BCUT2D eigenvalue weighted by Gasteiger charge is 2.15. The van der Waals surface area contributed by atoms with Crippen molar-refractivity contribution in [3.8, 4) is 0 Å². The second kappa shape index (κ2) is 3.41. The SMILES string of the molecule is CNC(=O)ON1[CH]CCC1. The molecule has 1 saturated heterocycles. The third-order valence-corrected chi connectivity index (χ3v) is 1.32. The Morgan fingerprint density at radius 2 is 2.60 bits per heavy atom. The van der Waals surface area contributed by atoms with E-state index in [4.69, 9.17) is 4.84 Å². The van der Waals surface area contributed by atoms with Gasteiger partial charge in [-0.1, -0.05) is 0 Å². The van der Waals surface area contributed by atoms with E-state index in [1.165, 1.54) is 0 Å². The third-order valence-electron chi connectivity index (χ3n) is 1.32. The van der Waals surface area contributed by atoms with Gasteiger partial charge in [0.25, 0.3) is 0 Å². The highest BCUT2D eigenvalue weighted by molar-refractivity contribution is 5.66. The Bertz CT molecular complexity index is 121. The summed E-state index contributed by atoms with van der Waals surface area (Å²) in [4.78, 5) is 15.4. The van der Waals surface area contributed by atoms with Crippen LogP contribution < -0.4 is 5.32 Å². The second-order valence-electron chi connectivity index (χ2n) is 2.09. The molecule has 57 valence electrons. The summed E-state index contributed by atoms with van der Waals surface area (Å²) in [7, 11) is 1.54. The van der Waals surface area contributed by atoms with Crippen LogP contribution in [-0.2, 0) is 4.84 Å². The summed E-state index contributed by atoms with van der Waals surface area (Å²) in [5.41, 5.74) is 0. The Hall–Kier alpha value is -0.770. The van der Waals surface area contributed by atoms with Crippen molar-refractivity contribution in [1.82, 2.24) is 10.4 Å². The molecule has 1 fully saturated rings. The Kier molecular flexibility index (Phi) is 2.50. The molecule has 4 heteroatoms. The van der Waals surface area contributed by atoms with Gasteiger partial charge in [0.2, 0.25) is 0 Å². The van der Waals surface area contributed by atoms with E-state index >= 15 is 0 Å². The lowest BCUT2D eigenvalue weighted by Crippen LogP contribution is -2.28. The van der Waals surface area contributed by atoms with Gasteiger partial charge in [0, 0.05) is 13.6 Å². The molecule has 0 spiro atoms. The Balaban J connectivity index is 2.17. The zero-order valence-electron chi connectivity index (χ0n) is 5.96. The zero-order chi connectivity index (χ0) is 7.40. The van der Waals surface area contributed by atoms with Crippen molar-refractivity contribution in [2.75, 3.05) is 13.6 Å². The van der Waals surface area contributed by atoms with Crippen LogP contribution in [0.25, 0.3) is 0 Å². The summed E-state index contributed by atoms with van der Waals surface area (Å²) in [6.45, 7) is 2.68. The van der Waals surface area contributed by atoms with Crippen LogP contribution in [-0.4, -0.2) is 24.7 Å². The van der Waals surface area contributed by atoms with Crippen LogP contribution in [0.15, 0.2) is 0 Å². The monoisotopic (exact) mass is 143 g/mol. The fourth-order valence-electron chi connectivity index (χ4n) is 0.809. The molecule has 1 N–H and O–H groups in total. The lowest BCUT2D eigenvalue weighted by Gasteiger charge is -2.12. The minimum Gasteiger partial charge on any atom is -0.351 e. The maximum atomic E-state index is 10.6. The Labute approximate surface area is 60.1 Å². The van der Waals surface area contributed by atoms with E-state index in [9.17, 15) is 4.79 Å². The van der Waals surface area contributed by atoms with Gasteiger partial charge in [-0.2, -0.15) is 0 Å². The fraction of sp³-hybridized carbons (Fsp3) is 0.667. The molecule has 1 amide bonds. The van der Waals surface area contributed by atoms with Crippen LogP contribution >= 0.6 is 0 Å². The van der Waals surface area contributed by atoms with Crippen molar-refractivity contribution in [3.63, 3.8) is 0 Å². The van der Waals surface area contributed by atoms with E-state index in [0.717, 1.165) is 19.4 Å². The molecule has 0 unspecified atom stereocenters. The molecular formula is C6H11N2O2. The maximum absolute atomic E-state index is 10.6. The second-order valence-corrected chi connectivity index (χ2v) is 2.09. The molecule has 1 aliphatic heterocycles. The summed E-state index contributed by atoms with van der Waals surface area (Å²) >= 11 is 0. The van der Waals surface area contributed by atoms with Gasteiger partial charge < -0.3 is 10.2 Å². The molecule has 0 bridgehead atoms. The third kappa shape index (κ3) is 1.88. The van der Waals surface area contributed by atoms with Crippen molar-refractivity contribution < 1.29 is 9.63 Å². The molecule has 1 rings (SSSR count). The van der Waals surface area contributed by atoms with Crippen LogP contribution in [0.2, 0.25) is 0 Å². The van der Waals surface area contributed by atoms with Gasteiger partial charge in [0.05, 0.1) is 6.54 Å². The van der Waals surface area contributed by atoms with Crippen molar-refractivity contribution >= 4 is 6.09 Å². The molecule has 0 aromatic rings. The van der Waals surface area contributed by atoms with E-state index in [1.54, 1.807) is 12.1 Å². The zero-order valence-corrected chi connectivity index (χ0v) is 5.96. The first kappa shape index (κ1) is 7.34. The summed E-state index contributed by atoms with van der Waals surface area (Å²) in [5.74, 6) is 0. The van der Waals surface area contributed by atoms with E-state index < -0.39 is 6.09 Å². The highest BCUT2D eigenvalue weighted by Crippen LogP contribution is 2.11. The number of rotatable bonds is 1. The number of carbonyl (C=O) groups excluding carboxylic acids is 1. The lowest BCUT2D eigenvalue weighted by atomic mass is 10.4. The molecule has 0 aromatic carbocycles. The van der Waals surface area contributed by atoms with E-state index in [0.29, 0.717) is 0 Å². The molecule has 0 saturated carbocycles. The number of hydrogen-bond acceptors (Lipinski definition) is 3. The molecular weight excluding hydrogens is 132 g/mol. The van der Waals surface area contributed by atoms with Crippen molar-refractivity contribution in [3.05, 3.63) is 6.54 Å².